The Morgan fingerprint density at radius 3 is 2.86 bits per heavy atom. The Morgan fingerprint density at radius 2 is 2.07 bits per heavy atom. The van der Waals surface area contributed by atoms with Crippen LogP contribution in [0.25, 0.3) is 10.9 Å². The Labute approximate surface area is 173 Å². The van der Waals surface area contributed by atoms with Gasteiger partial charge in [-0.15, -0.1) is 0 Å². The fourth-order valence-electron chi connectivity index (χ4n) is 5.76. The fourth-order valence-corrected chi connectivity index (χ4v) is 5.76. The first-order valence-electron chi connectivity index (χ1n) is 11.2. The summed E-state index contributed by atoms with van der Waals surface area (Å²) in [5.74, 6) is 0.732. The zero-order chi connectivity index (χ0) is 19.7. The first kappa shape index (κ1) is 18.8. The summed E-state index contributed by atoms with van der Waals surface area (Å²) in [7, 11) is 0. The van der Waals surface area contributed by atoms with Crippen molar-refractivity contribution in [2.24, 2.45) is 11.3 Å². The van der Waals surface area contributed by atoms with Crippen molar-refractivity contribution in [2.75, 3.05) is 50.7 Å². The van der Waals surface area contributed by atoms with Gasteiger partial charge in [-0.25, -0.2) is 0 Å². The van der Waals surface area contributed by atoms with E-state index in [1.807, 2.05) is 12.1 Å². The van der Waals surface area contributed by atoms with Crippen LogP contribution in [0.5, 0.6) is 0 Å². The molecule has 3 fully saturated rings. The van der Waals surface area contributed by atoms with Gasteiger partial charge in [0.15, 0.2) is 0 Å². The molecule has 152 valence electrons. The zero-order valence-electron chi connectivity index (χ0n) is 17.2. The second-order valence-corrected chi connectivity index (χ2v) is 9.33. The van der Waals surface area contributed by atoms with Crippen LogP contribution in [-0.2, 0) is 0 Å². The Balaban J connectivity index is 1.23. The first-order chi connectivity index (χ1) is 14.3. The summed E-state index contributed by atoms with van der Waals surface area (Å²) >= 11 is 0. The molecule has 2 aromatic rings. The zero-order valence-corrected chi connectivity index (χ0v) is 17.2. The molecule has 3 saturated heterocycles. The molecule has 4 heterocycles. The molecule has 1 aromatic carbocycles. The lowest BCUT2D eigenvalue weighted by atomic mass is 9.73. The van der Waals surface area contributed by atoms with Crippen LogP contribution in [0.4, 0.5) is 5.69 Å². The lowest BCUT2D eigenvalue weighted by molar-refractivity contribution is 0.0716. The van der Waals surface area contributed by atoms with E-state index >= 15 is 0 Å². The summed E-state index contributed by atoms with van der Waals surface area (Å²) in [5, 5.41) is 14.1. The number of nitriles is 1. The monoisotopic (exact) mass is 389 g/mol. The number of anilines is 1. The highest BCUT2D eigenvalue weighted by atomic mass is 15.2. The van der Waals surface area contributed by atoms with E-state index < -0.39 is 0 Å². The third-order valence-corrected chi connectivity index (χ3v) is 7.49. The molecular weight excluding hydrogens is 358 g/mol. The largest absolute Gasteiger partial charge is 0.371 e. The van der Waals surface area contributed by atoms with Crippen LogP contribution in [-0.4, -0.2) is 55.7 Å². The molecule has 1 spiro atoms. The average Bonchev–Trinajstić information content (AvgIpc) is 3.23. The molecule has 5 rings (SSSR count). The van der Waals surface area contributed by atoms with E-state index in [0.29, 0.717) is 11.0 Å². The maximum atomic E-state index is 9.40. The van der Waals surface area contributed by atoms with Crippen molar-refractivity contribution < 1.29 is 0 Å². The van der Waals surface area contributed by atoms with Gasteiger partial charge in [-0.1, -0.05) is 0 Å². The van der Waals surface area contributed by atoms with Crippen molar-refractivity contribution in [1.29, 1.82) is 5.26 Å². The molecule has 5 heteroatoms. The average molecular weight is 390 g/mol. The maximum Gasteiger partial charge on any atom is 0.101 e. The van der Waals surface area contributed by atoms with Crippen LogP contribution in [0.3, 0.4) is 0 Å². The number of aromatic nitrogens is 1. The fraction of sp³-hybridized carbons (Fsp3) is 0.583. The van der Waals surface area contributed by atoms with Crippen molar-refractivity contribution in [3.05, 3.63) is 36.0 Å². The molecule has 3 aliphatic heterocycles. The molecular formula is C24H31N5. The number of nitrogens with one attached hydrogen (secondary N) is 1. The highest BCUT2D eigenvalue weighted by molar-refractivity contribution is 5.95. The van der Waals surface area contributed by atoms with E-state index in [4.69, 9.17) is 0 Å². The number of likely N-dealkylation sites (tertiary alicyclic amines) is 1. The number of nitrogens with zero attached hydrogens (tertiary/aromatic N) is 4. The van der Waals surface area contributed by atoms with E-state index in [2.05, 4.69) is 38.3 Å². The molecule has 1 N–H and O–H groups in total. The van der Waals surface area contributed by atoms with Crippen LogP contribution in [0.15, 0.2) is 30.5 Å². The van der Waals surface area contributed by atoms with Gasteiger partial charge in [-0.3, -0.25) is 4.98 Å². The van der Waals surface area contributed by atoms with Gasteiger partial charge >= 0.3 is 0 Å². The number of fused-ring (bicyclic) bond motifs is 1. The molecule has 5 nitrogen and oxygen atoms in total. The second-order valence-electron chi connectivity index (χ2n) is 9.33. The number of piperidine rings is 2. The number of hydrogen-bond acceptors (Lipinski definition) is 5. The minimum atomic E-state index is 0.588. The van der Waals surface area contributed by atoms with Crippen molar-refractivity contribution >= 4 is 16.6 Å². The summed E-state index contributed by atoms with van der Waals surface area (Å²) < 4.78 is 0. The highest BCUT2D eigenvalue weighted by Gasteiger charge is 2.36. The van der Waals surface area contributed by atoms with Gasteiger partial charge in [0.25, 0.3) is 0 Å². The van der Waals surface area contributed by atoms with Crippen LogP contribution >= 0.6 is 0 Å². The van der Waals surface area contributed by atoms with E-state index in [1.165, 1.54) is 70.5 Å². The normalized spacial score (nSPS) is 24.8. The lowest BCUT2D eigenvalue weighted by Gasteiger charge is -2.45. The molecule has 0 saturated carbocycles. The quantitative estimate of drug-likeness (QED) is 0.872. The smallest absolute Gasteiger partial charge is 0.101 e. The summed E-state index contributed by atoms with van der Waals surface area (Å²) in [4.78, 5) is 9.70. The van der Waals surface area contributed by atoms with E-state index in [1.54, 1.807) is 6.20 Å². The Bertz CT molecular complexity index is 901. The molecule has 0 aliphatic carbocycles. The predicted octanol–water partition coefficient (Wildman–Crippen LogP) is 3.40. The van der Waals surface area contributed by atoms with Crippen molar-refractivity contribution in [3.8, 4) is 6.07 Å². The Morgan fingerprint density at radius 1 is 1.17 bits per heavy atom. The van der Waals surface area contributed by atoms with Gasteiger partial charge in [0.05, 0.1) is 11.1 Å². The van der Waals surface area contributed by atoms with Gasteiger partial charge in [-0.05, 0) is 87.3 Å². The Kier molecular flexibility index (Phi) is 5.15. The topological polar surface area (TPSA) is 55.2 Å². The molecule has 0 bridgehead atoms. The predicted molar refractivity (Wildman–Crippen MR) is 117 cm³/mol. The molecule has 29 heavy (non-hydrogen) atoms. The summed E-state index contributed by atoms with van der Waals surface area (Å²) in [6.45, 7) is 8.42. The van der Waals surface area contributed by atoms with Crippen molar-refractivity contribution in [3.63, 3.8) is 0 Å². The minimum Gasteiger partial charge on any atom is -0.371 e. The summed E-state index contributed by atoms with van der Waals surface area (Å²) in [6, 6.07) is 10.4. The number of rotatable bonds is 3. The van der Waals surface area contributed by atoms with Crippen LogP contribution in [0, 0.1) is 22.7 Å². The van der Waals surface area contributed by atoms with Crippen LogP contribution in [0.1, 0.15) is 37.7 Å². The van der Waals surface area contributed by atoms with Gasteiger partial charge in [0.1, 0.15) is 6.07 Å². The second kappa shape index (κ2) is 7.93. The van der Waals surface area contributed by atoms with Gasteiger partial charge < -0.3 is 15.1 Å². The molecule has 0 amide bonds. The number of benzene rings is 1. The van der Waals surface area contributed by atoms with E-state index in [0.717, 1.165) is 29.9 Å². The molecule has 1 unspecified atom stereocenters. The molecule has 1 aromatic heterocycles. The molecule has 1 atom stereocenters. The van der Waals surface area contributed by atoms with Crippen molar-refractivity contribution in [2.45, 2.75) is 32.1 Å². The summed E-state index contributed by atoms with van der Waals surface area (Å²) in [6.07, 6.45) is 8.54. The first-order valence-corrected chi connectivity index (χ1v) is 11.2. The van der Waals surface area contributed by atoms with Crippen LogP contribution < -0.4 is 10.2 Å². The van der Waals surface area contributed by atoms with Crippen LogP contribution in [0.2, 0.25) is 0 Å². The molecule has 3 aliphatic rings. The van der Waals surface area contributed by atoms with Gasteiger partial charge in [0, 0.05) is 43.4 Å². The SMILES string of the molecule is N#Cc1ccc(N2CCC(CN3CCC4(CCCNC4)CC3)C2)c2cccnc12. The van der Waals surface area contributed by atoms with Gasteiger partial charge in [-0.2, -0.15) is 5.26 Å². The van der Waals surface area contributed by atoms with E-state index in [-0.39, 0.29) is 0 Å². The Hall–Kier alpha value is -2.16. The summed E-state index contributed by atoms with van der Waals surface area (Å²) in [5.41, 5.74) is 3.32. The lowest BCUT2D eigenvalue weighted by Crippen LogP contribution is -2.48. The third-order valence-electron chi connectivity index (χ3n) is 7.49. The van der Waals surface area contributed by atoms with Gasteiger partial charge in [0.2, 0.25) is 0 Å². The number of hydrogen-bond donors (Lipinski definition) is 1. The molecule has 0 radical (unpaired) electrons. The standard InChI is InChI=1S/C24H31N5/c25-15-20-4-5-22(21-3-1-11-27-23(20)21)29-12-6-19(17-29)16-28-13-8-24(9-14-28)7-2-10-26-18-24/h1,3-5,11,19,26H,2,6-10,12-14,16-18H2. The minimum absolute atomic E-state index is 0.588. The third kappa shape index (κ3) is 3.72. The number of pyridine rings is 1. The van der Waals surface area contributed by atoms with Crippen molar-refractivity contribution in [1.82, 2.24) is 15.2 Å². The highest BCUT2D eigenvalue weighted by Crippen LogP contribution is 2.38. The maximum absolute atomic E-state index is 9.40. The van der Waals surface area contributed by atoms with E-state index in [9.17, 15) is 5.26 Å².